The van der Waals surface area contributed by atoms with E-state index >= 15 is 0 Å². The van der Waals surface area contributed by atoms with E-state index in [0.29, 0.717) is 6.54 Å². The Morgan fingerprint density at radius 3 is 2.86 bits per heavy atom. The van der Waals surface area contributed by atoms with Crippen molar-refractivity contribution in [3.8, 4) is 5.75 Å². The van der Waals surface area contributed by atoms with E-state index in [2.05, 4.69) is 4.98 Å². The molecule has 0 unspecified atom stereocenters. The highest BCUT2D eigenvalue weighted by atomic mass is 16.6. The third-order valence-corrected chi connectivity index (χ3v) is 3.13. The minimum atomic E-state index is -0.463. The number of benzene rings is 1. The molecule has 2 aromatic rings. The molecule has 1 aromatic heterocycles. The molecular formula is C14H18N4O3. The monoisotopic (exact) mass is 290 g/mol. The lowest BCUT2D eigenvalue weighted by molar-refractivity contribution is -0.386. The Hall–Kier alpha value is -2.41. The first-order chi connectivity index (χ1) is 10.0. The molecule has 1 aromatic carbocycles. The second-order valence-electron chi connectivity index (χ2n) is 4.94. The summed E-state index contributed by atoms with van der Waals surface area (Å²) in [6, 6.07) is 4.89. The predicted octanol–water partition coefficient (Wildman–Crippen LogP) is 2.41. The summed E-state index contributed by atoms with van der Waals surface area (Å²) in [4.78, 5) is 14.6. The van der Waals surface area contributed by atoms with Gasteiger partial charge in [-0.2, -0.15) is 0 Å². The zero-order valence-corrected chi connectivity index (χ0v) is 12.0. The maximum absolute atomic E-state index is 11.0. The minimum Gasteiger partial charge on any atom is -0.480 e. The van der Waals surface area contributed by atoms with Crippen molar-refractivity contribution >= 4 is 5.69 Å². The van der Waals surface area contributed by atoms with Gasteiger partial charge in [-0.15, -0.1) is 0 Å². The first-order valence-electron chi connectivity index (χ1n) is 6.63. The second kappa shape index (κ2) is 6.36. The van der Waals surface area contributed by atoms with Gasteiger partial charge in [0, 0.05) is 18.7 Å². The van der Waals surface area contributed by atoms with Crippen LogP contribution in [0.15, 0.2) is 30.7 Å². The Morgan fingerprint density at radius 2 is 2.24 bits per heavy atom. The van der Waals surface area contributed by atoms with E-state index in [1.165, 1.54) is 6.07 Å². The zero-order valence-electron chi connectivity index (χ0n) is 12.0. The van der Waals surface area contributed by atoms with Crippen molar-refractivity contribution in [2.45, 2.75) is 33.0 Å². The summed E-state index contributed by atoms with van der Waals surface area (Å²) in [6.45, 7) is 4.58. The van der Waals surface area contributed by atoms with Crippen LogP contribution in [0.2, 0.25) is 0 Å². The van der Waals surface area contributed by atoms with Crippen LogP contribution < -0.4 is 10.5 Å². The summed E-state index contributed by atoms with van der Waals surface area (Å²) >= 11 is 0. The van der Waals surface area contributed by atoms with Gasteiger partial charge in [-0.1, -0.05) is 6.07 Å². The molecule has 0 radical (unpaired) electrons. The van der Waals surface area contributed by atoms with Crippen LogP contribution >= 0.6 is 0 Å². The van der Waals surface area contributed by atoms with Gasteiger partial charge in [0.25, 0.3) is 0 Å². The second-order valence-corrected chi connectivity index (χ2v) is 4.94. The van der Waals surface area contributed by atoms with Gasteiger partial charge in [0.2, 0.25) is 0 Å². The number of nitro benzene ring substituents is 1. The van der Waals surface area contributed by atoms with Crippen LogP contribution in [0.1, 0.15) is 31.1 Å². The van der Waals surface area contributed by atoms with Crippen LogP contribution in [0.25, 0.3) is 0 Å². The van der Waals surface area contributed by atoms with Crippen molar-refractivity contribution in [1.29, 1.82) is 0 Å². The average molecular weight is 290 g/mol. The standard InChI is InChI=1S/C14H18N4O3/c1-10(2)17-9-16-7-12(17)8-21-14-5-11(6-15)3-4-13(14)18(19)20/h3-5,7,9-10H,6,8,15H2,1-2H3. The van der Waals surface area contributed by atoms with Crippen LogP contribution in [0, 0.1) is 10.1 Å². The van der Waals surface area contributed by atoms with E-state index in [0.717, 1.165) is 11.3 Å². The van der Waals surface area contributed by atoms with Crippen molar-refractivity contribution in [2.75, 3.05) is 0 Å². The third kappa shape index (κ3) is 3.38. The normalized spacial score (nSPS) is 10.9. The number of rotatable bonds is 6. The van der Waals surface area contributed by atoms with Gasteiger partial charge in [0.1, 0.15) is 6.61 Å². The lowest BCUT2D eigenvalue weighted by Crippen LogP contribution is -2.08. The molecule has 0 saturated carbocycles. The summed E-state index contributed by atoms with van der Waals surface area (Å²) in [6.07, 6.45) is 3.41. The van der Waals surface area contributed by atoms with Crippen molar-refractivity contribution in [3.63, 3.8) is 0 Å². The fourth-order valence-corrected chi connectivity index (χ4v) is 2.01. The van der Waals surface area contributed by atoms with Gasteiger partial charge in [-0.25, -0.2) is 4.98 Å². The van der Waals surface area contributed by atoms with Crippen LogP contribution in [0.4, 0.5) is 5.69 Å². The van der Waals surface area contributed by atoms with Gasteiger partial charge in [0.15, 0.2) is 5.75 Å². The summed E-state index contributed by atoms with van der Waals surface area (Å²) in [5, 5.41) is 11.0. The Kier molecular flexibility index (Phi) is 4.54. The predicted molar refractivity (Wildman–Crippen MR) is 77.9 cm³/mol. The Morgan fingerprint density at radius 1 is 1.48 bits per heavy atom. The number of hydrogen-bond acceptors (Lipinski definition) is 5. The molecular weight excluding hydrogens is 272 g/mol. The van der Waals surface area contributed by atoms with Gasteiger partial charge >= 0.3 is 5.69 Å². The molecule has 7 heteroatoms. The molecule has 0 fully saturated rings. The summed E-state index contributed by atoms with van der Waals surface area (Å²) in [7, 11) is 0. The number of ether oxygens (including phenoxy) is 1. The maximum atomic E-state index is 11.0. The first kappa shape index (κ1) is 15.0. The molecule has 0 aliphatic rings. The highest BCUT2D eigenvalue weighted by Gasteiger charge is 2.16. The number of imidazole rings is 1. The molecule has 0 amide bonds. The van der Waals surface area contributed by atoms with Gasteiger partial charge in [-0.05, 0) is 25.5 Å². The topological polar surface area (TPSA) is 96.2 Å². The fraction of sp³-hybridized carbons (Fsp3) is 0.357. The van der Waals surface area contributed by atoms with E-state index in [1.807, 2.05) is 18.4 Å². The zero-order chi connectivity index (χ0) is 15.4. The molecule has 112 valence electrons. The fourth-order valence-electron chi connectivity index (χ4n) is 2.01. The van der Waals surface area contributed by atoms with Crippen molar-refractivity contribution < 1.29 is 9.66 Å². The number of nitro groups is 1. The average Bonchev–Trinajstić information content (AvgIpc) is 2.93. The van der Waals surface area contributed by atoms with E-state index in [-0.39, 0.29) is 24.1 Å². The lowest BCUT2D eigenvalue weighted by atomic mass is 10.2. The third-order valence-electron chi connectivity index (χ3n) is 3.13. The molecule has 21 heavy (non-hydrogen) atoms. The molecule has 2 N–H and O–H groups in total. The SMILES string of the molecule is CC(C)n1cncc1COc1cc(CN)ccc1[N+](=O)[O-]. The quantitative estimate of drug-likeness (QED) is 0.651. The molecule has 0 atom stereocenters. The maximum Gasteiger partial charge on any atom is 0.310 e. The molecule has 1 heterocycles. The Bertz CT molecular complexity index is 637. The van der Waals surface area contributed by atoms with Crippen LogP contribution in [-0.4, -0.2) is 14.5 Å². The van der Waals surface area contributed by atoms with E-state index in [4.69, 9.17) is 10.5 Å². The molecule has 0 saturated heterocycles. The van der Waals surface area contributed by atoms with Crippen LogP contribution in [0.3, 0.4) is 0 Å². The van der Waals surface area contributed by atoms with Crippen LogP contribution in [0.5, 0.6) is 5.75 Å². The van der Waals surface area contributed by atoms with Gasteiger partial charge in [-0.3, -0.25) is 10.1 Å². The largest absolute Gasteiger partial charge is 0.480 e. The van der Waals surface area contributed by atoms with Gasteiger partial charge < -0.3 is 15.0 Å². The number of aromatic nitrogens is 2. The first-order valence-corrected chi connectivity index (χ1v) is 6.63. The van der Waals surface area contributed by atoms with Crippen molar-refractivity contribution in [1.82, 2.24) is 9.55 Å². The Labute approximate surface area is 122 Å². The Balaban J connectivity index is 2.22. The summed E-state index contributed by atoms with van der Waals surface area (Å²) in [5.41, 5.74) is 7.14. The van der Waals surface area contributed by atoms with E-state index < -0.39 is 4.92 Å². The molecule has 0 aliphatic carbocycles. The van der Waals surface area contributed by atoms with Crippen LogP contribution in [-0.2, 0) is 13.2 Å². The van der Waals surface area contributed by atoms with Crippen molar-refractivity contribution in [2.24, 2.45) is 5.73 Å². The number of nitrogens with two attached hydrogens (primary N) is 1. The van der Waals surface area contributed by atoms with Crippen molar-refractivity contribution in [3.05, 3.63) is 52.1 Å². The number of nitrogens with zero attached hydrogens (tertiary/aromatic N) is 3. The molecule has 0 aliphatic heterocycles. The number of hydrogen-bond donors (Lipinski definition) is 1. The van der Waals surface area contributed by atoms with E-state index in [1.54, 1.807) is 24.7 Å². The molecule has 0 spiro atoms. The highest BCUT2D eigenvalue weighted by molar-refractivity contribution is 5.48. The highest BCUT2D eigenvalue weighted by Crippen LogP contribution is 2.28. The summed E-state index contributed by atoms with van der Waals surface area (Å²) in [5.74, 6) is 0.222. The molecule has 0 bridgehead atoms. The minimum absolute atomic E-state index is 0.0668. The summed E-state index contributed by atoms with van der Waals surface area (Å²) < 4.78 is 7.58. The molecule has 2 rings (SSSR count). The molecule has 7 nitrogen and oxygen atoms in total. The lowest BCUT2D eigenvalue weighted by Gasteiger charge is -2.13. The smallest absolute Gasteiger partial charge is 0.310 e. The van der Waals surface area contributed by atoms with E-state index in [9.17, 15) is 10.1 Å². The van der Waals surface area contributed by atoms with Gasteiger partial charge in [0.05, 0.1) is 23.1 Å².